The van der Waals surface area contributed by atoms with Gasteiger partial charge in [0.2, 0.25) is 5.91 Å². The summed E-state index contributed by atoms with van der Waals surface area (Å²) >= 11 is 0. The van der Waals surface area contributed by atoms with Crippen LogP contribution in [0.25, 0.3) is 0 Å². The Morgan fingerprint density at radius 2 is 1.91 bits per heavy atom. The van der Waals surface area contributed by atoms with Gasteiger partial charge >= 0.3 is 0 Å². The van der Waals surface area contributed by atoms with Gasteiger partial charge in [0.25, 0.3) is 0 Å². The van der Waals surface area contributed by atoms with Crippen LogP contribution in [0.5, 0.6) is 0 Å². The van der Waals surface area contributed by atoms with E-state index < -0.39 is 0 Å². The molecule has 3 rings (SSSR count). The Balaban J connectivity index is 1.56. The van der Waals surface area contributed by atoms with E-state index in [-0.39, 0.29) is 5.91 Å². The SMILES string of the molecule is Cc1cc(C)nc(C2CCN(CC(=O)N3CCOCC3)C2)n1. The van der Waals surface area contributed by atoms with Gasteiger partial charge in [0.15, 0.2) is 0 Å². The second kappa shape index (κ2) is 6.71. The van der Waals surface area contributed by atoms with Gasteiger partial charge in [-0.15, -0.1) is 0 Å². The van der Waals surface area contributed by atoms with Crippen LogP contribution >= 0.6 is 0 Å². The van der Waals surface area contributed by atoms with Crippen molar-refractivity contribution in [3.05, 3.63) is 23.3 Å². The highest BCUT2D eigenvalue weighted by atomic mass is 16.5. The Morgan fingerprint density at radius 3 is 2.59 bits per heavy atom. The first-order valence-electron chi connectivity index (χ1n) is 8.02. The minimum absolute atomic E-state index is 0.213. The summed E-state index contributed by atoms with van der Waals surface area (Å²) in [5, 5.41) is 0. The van der Waals surface area contributed by atoms with Crippen molar-refractivity contribution < 1.29 is 9.53 Å². The van der Waals surface area contributed by atoms with E-state index in [4.69, 9.17) is 4.74 Å². The number of aryl methyl sites for hydroxylation is 2. The Hall–Kier alpha value is -1.53. The number of amides is 1. The van der Waals surface area contributed by atoms with E-state index in [0.29, 0.717) is 25.7 Å². The molecule has 1 atom stereocenters. The van der Waals surface area contributed by atoms with Crippen molar-refractivity contribution in [2.24, 2.45) is 0 Å². The maximum Gasteiger partial charge on any atom is 0.236 e. The third-order valence-electron chi connectivity index (χ3n) is 4.36. The van der Waals surface area contributed by atoms with Crippen molar-refractivity contribution in [2.45, 2.75) is 26.2 Å². The highest BCUT2D eigenvalue weighted by Gasteiger charge is 2.29. The normalized spacial score (nSPS) is 23.0. The third-order valence-corrected chi connectivity index (χ3v) is 4.36. The molecule has 0 saturated carbocycles. The van der Waals surface area contributed by atoms with Crippen molar-refractivity contribution in [1.29, 1.82) is 0 Å². The predicted molar refractivity (Wildman–Crippen MR) is 82.7 cm³/mol. The molecule has 0 radical (unpaired) electrons. The fourth-order valence-corrected chi connectivity index (χ4v) is 3.23. The van der Waals surface area contributed by atoms with Crippen LogP contribution in [0.4, 0.5) is 0 Å². The van der Waals surface area contributed by atoms with Crippen molar-refractivity contribution in [3.63, 3.8) is 0 Å². The molecule has 2 saturated heterocycles. The molecule has 2 fully saturated rings. The Kier molecular flexibility index (Phi) is 4.69. The summed E-state index contributed by atoms with van der Waals surface area (Å²) in [4.78, 5) is 25.6. The van der Waals surface area contributed by atoms with Crippen molar-refractivity contribution in [1.82, 2.24) is 19.8 Å². The number of morpholine rings is 1. The van der Waals surface area contributed by atoms with E-state index in [0.717, 1.165) is 49.8 Å². The molecule has 1 aromatic rings. The van der Waals surface area contributed by atoms with Crippen LogP contribution in [-0.4, -0.2) is 71.6 Å². The van der Waals surface area contributed by atoms with Crippen LogP contribution in [0.2, 0.25) is 0 Å². The highest BCUT2D eigenvalue weighted by Crippen LogP contribution is 2.25. The Bertz CT molecular complexity index is 523. The minimum atomic E-state index is 0.213. The lowest BCUT2D eigenvalue weighted by Gasteiger charge is -2.28. The fourth-order valence-electron chi connectivity index (χ4n) is 3.23. The molecule has 6 heteroatoms. The largest absolute Gasteiger partial charge is 0.378 e. The zero-order valence-electron chi connectivity index (χ0n) is 13.4. The zero-order valence-corrected chi connectivity index (χ0v) is 13.4. The second-order valence-electron chi connectivity index (χ2n) is 6.22. The van der Waals surface area contributed by atoms with Gasteiger partial charge in [-0.25, -0.2) is 9.97 Å². The molecular weight excluding hydrogens is 280 g/mol. The maximum absolute atomic E-state index is 12.3. The maximum atomic E-state index is 12.3. The van der Waals surface area contributed by atoms with Crippen LogP contribution < -0.4 is 0 Å². The van der Waals surface area contributed by atoms with Crippen LogP contribution in [0.3, 0.4) is 0 Å². The van der Waals surface area contributed by atoms with E-state index in [9.17, 15) is 4.79 Å². The molecule has 0 aliphatic carbocycles. The number of hydrogen-bond donors (Lipinski definition) is 0. The lowest BCUT2D eigenvalue weighted by molar-refractivity contribution is -0.136. The quantitative estimate of drug-likeness (QED) is 0.824. The molecule has 0 bridgehead atoms. The zero-order chi connectivity index (χ0) is 15.5. The second-order valence-corrected chi connectivity index (χ2v) is 6.22. The summed E-state index contributed by atoms with van der Waals surface area (Å²) in [7, 11) is 0. The standard InChI is InChI=1S/C16H24N4O2/c1-12-9-13(2)18-16(17-12)14-3-4-19(10-14)11-15(21)20-5-7-22-8-6-20/h9,14H,3-8,10-11H2,1-2H3. The molecular formula is C16H24N4O2. The minimum Gasteiger partial charge on any atom is -0.378 e. The van der Waals surface area contributed by atoms with E-state index in [1.165, 1.54) is 0 Å². The molecule has 22 heavy (non-hydrogen) atoms. The van der Waals surface area contributed by atoms with Gasteiger partial charge in [-0.3, -0.25) is 9.69 Å². The molecule has 0 aromatic carbocycles. The molecule has 1 aromatic heterocycles. The first-order valence-corrected chi connectivity index (χ1v) is 8.02. The lowest BCUT2D eigenvalue weighted by Crippen LogP contribution is -2.45. The topological polar surface area (TPSA) is 58.6 Å². The number of hydrogen-bond acceptors (Lipinski definition) is 5. The molecule has 0 spiro atoms. The van der Waals surface area contributed by atoms with Crippen LogP contribution in [-0.2, 0) is 9.53 Å². The fraction of sp³-hybridized carbons (Fsp3) is 0.688. The van der Waals surface area contributed by atoms with Gasteiger partial charge in [0.05, 0.1) is 19.8 Å². The van der Waals surface area contributed by atoms with E-state index in [1.54, 1.807) is 0 Å². The van der Waals surface area contributed by atoms with Crippen molar-refractivity contribution in [2.75, 3.05) is 45.9 Å². The van der Waals surface area contributed by atoms with Crippen LogP contribution in [0.15, 0.2) is 6.07 Å². The van der Waals surface area contributed by atoms with Gasteiger partial charge in [-0.1, -0.05) is 0 Å². The monoisotopic (exact) mass is 304 g/mol. The van der Waals surface area contributed by atoms with E-state index in [2.05, 4.69) is 14.9 Å². The van der Waals surface area contributed by atoms with E-state index in [1.807, 2.05) is 24.8 Å². The van der Waals surface area contributed by atoms with Crippen molar-refractivity contribution in [3.8, 4) is 0 Å². The molecule has 2 aliphatic heterocycles. The number of likely N-dealkylation sites (tertiary alicyclic amines) is 1. The summed E-state index contributed by atoms with van der Waals surface area (Å²) in [5.74, 6) is 1.49. The summed E-state index contributed by atoms with van der Waals surface area (Å²) in [5.41, 5.74) is 2.04. The summed E-state index contributed by atoms with van der Waals surface area (Å²) < 4.78 is 5.29. The van der Waals surface area contributed by atoms with Gasteiger partial charge in [-0.05, 0) is 32.9 Å². The van der Waals surface area contributed by atoms with E-state index >= 15 is 0 Å². The van der Waals surface area contributed by atoms with Crippen molar-refractivity contribution >= 4 is 5.91 Å². The number of aromatic nitrogens is 2. The number of rotatable bonds is 3. The predicted octanol–water partition coefficient (Wildman–Crippen LogP) is 0.742. The number of nitrogens with zero attached hydrogens (tertiary/aromatic N) is 4. The van der Waals surface area contributed by atoms with Gasteiger partial charge in [-0.2, -0.15) is 0 Å². The smallest absolute Gasteiger partial charge is 0.236 e. The summed E-state index contributed by atoms with van der Waals surface area (Å²) in [6.07, 6.45) is 1.03. The number of ether oxygens (including phenoxy) is 1. The molecule has 6 nitrogen and oxygen atoms in total. The average Bonchev–Trinajstić information content (AvgIpc) is 2.96. The van der Waals surface area contributed by atoms with Gasteiger partial charge in [0.1, 0.15) is 5.82 Å². The Morgan fingerprint density at radius 1 is 1.23 bits per heavy atom. The lowest BCUT2D eigenvalue weighted by atomic mass is 10.1. The van der Waals surface area contributed by atoms with Gasteiger partial charge < -0.3 is 9.64 Å². The molecule has 2 aliphatic rings. The molecule has 1 amide bonds. The summed E-state index contributed by atoms with van der Waals surface area (Å²) in [6.45, 7) is 9.08. The molecule has 120 valence electrons. The first-order chi connectivity index (χ1) is 10.6. The molecule has 0 N–H and O–H groups in total. The number of carbonyl (C=O) groups excluding carboxylic acids is 1. The third kappa shape index (κ3) is 3.62. The van der Waals surface area contributed by atoms with Crippen LogP contribution in [0, 0.1) is 13.8 Å². The molecule has 3 heterocycles. The highest BCUT2D eigenvalue weighted by molar-refractivity contribution is 5.78. The van der Waals surface area contributed by atoms with Gasteiger partial charge in [0, 0.05) is 36.9 Å². The Labute approximate surface area is 131 Å². The average molecular weight is 304 g/mol. The number of carbonyl (C=O) groups is 1. The first kappa shape index (κ1) is 15.4. The molecule has 1 unspecified atom stereocenters. The summed E-state index contributed by atoms with van der Waals surface area (Å²) in [6, 6.07) is 2.00. The van der Waals surface area contributed by atoms with Crippen LogP contribution in [0.1, 0.15) is 29.6 Å².